The Morgan fingerprint density at radius 1 is 1.41 bits per heavy atom. The van der Waals surface area contributed by atoms with E-state index in [-0.39, 0.29) is 23.0 Å². The lowest BCUT2D eigenvalue weighted by Gasteiger charge is -2.13. The number of amides is 1. The quantitative estimate of drug-likeness (QED) is 0.495. The number of hydrogen-bond donors (Lipinski definition) is 1. The molecule has 1 unspecified atom stereocenters. The third-order valence-electron chi connectivity index (χ3n) is 4.31. The minimum absolute atomic E-state index is 0.0470. The highest BCUT2D eigenvalue weighted by Gasteiger charge is 2.32. The Balaban J connectivity index is 1.67. The number of aromatic nitrogens is 3. The first-order valence-corrected chi connectivity index (χ1v) is 10.2. The van der Waals surface area contributed by atoms with E-state index in [1.54, 1.807) is 18.2 Å². The molecule has 1 fully saturated rings. The van der Waals surface area contributed by atoms with Crippen molar-refractivity contribution in [2.75, 3.05) is 19.8 Å². The summed E-state index contributed by atoms with van der Waals surface area (Å²) in [4.78, 5) is 12.3. The summed E-state index contributed by atoms with van der Waals surface area (Å²) in [5, 5.41) is 11.7. The van der Waals surface area contributed by atoms with Crippen molar-refractivity contribution in [2.45, 2.75) is 49.6 Å². The minimum Gasteiger partial charge on any atom is -0.382 e. The highest BCUT2D eigenvalue weighted by Crippen LogP contribution is 2.42. The third kappa shape index (κ3) is 5.07. The molecule has 0 aliphatic heterocycles. The van der Waals surface area contributed by atoms with Crippen LogP contribution in [0.1, 0.15) is 39.2 Å². The number of nitrogens with one attached hydrogen (secondary N) is 1. The first kappa shape index (κ1) is 19.8. The Hall–Kier alpha value is -1.93. The van der Waals surface area contributed by atoms with E-state index in [1.807, 2.05) is 18.4 Å². The van der Waals surface area contributed by atoms with Crippen LogP contribution in [0.2, 0.25) is 0 Å². The lowest BCUT2D eigenvalue weighted by atomic mass is 10.2. The molecule has 0 bridgehead atoms. The van der Waals surface area contributed by atoms with Crippen molar-refractivity contribution in [3.05, 3.63) is 30.1 Å². The normalized spacial score (nSPS) is 14.9. The average Bonchev–Trinajstić information content (AvgIpc) is 3.42. The van der Waals surface area contributed by atoms with Gasteiger partial charge >= 0.3 is 0 Å². The monoisotopic (exact) mass is 392 g/mol. The zero-order valence-electron chi connectivity index (χ0n) is 15.7. The highest BCUT2D eigenvalue weighted by molar-refractivity contribution is 8.00. The maximum Gasteiger partial charge on any atom is 0.233 e. The summed E-state index contributed by atoms with van der Waals surface area (Å²) in [5.41, 5.74) is 0.441. The standard InChI is InChI=1S/C19H25FN4O2S/c1-3-26-12-6-11-21-18(25)13(2)27-19-23-22-17(24(19)14-9-10-14)15-7-4-5-8-16(15)20/h4-5,7-8,13-14H,3,6,9-12H2,1-2H3,(H,21,25). The molecule has 1 heterocycles. The summed E-state index contributed by atoms with van der Waals surface area (Å²) in [6.07, 6.45) is 2.82. The van der Waals surface area contributed by atoms with Gasteiger partial charge in [0, 0.05) is 25.8 Å². The number of benzene rings is 1. The van der Waals surface area contributed by atoms with Crippen LogP contribution in [-0.2, 0) is 9.53 Å². The van der Waals surface area contributed by atoms with E-state index in [1.165, 1.54) is 17.8 Å². The van der Waals surface area contributed by atoms with Crippen LogP contribution in [-0.4, -0.2) is 45.7 Å². The van der Waals surface area contributed by atoms with E-state index >= 15 is 0 Å². The SMILES string of the molecule is CCOCCCNC(=O)C(C)Sc1nnc(-c2ccccc2F)n1C1CC1. The number of nitrogens with zero attached hydrogens (tertiary/aromatic N) is 3. The fourth-order valence-electron chi connectivity index (χ4n) is 2.73. The van der Waals surface area contributed by atoms with E-state index in [0.717, 1.165) is 19.3 Å². The van der Waals surface area contributed by atoms with Crippen LogP contribution in [0.3, 0.4) is 0 Å². The van der Waals surface area contributed by atoms with Crippen molar-refractivity contribution in [2.24, 2.45) is 0 Å². The van der Waals surface area contributed by atoms with Crippen molar-refractivity contribution >= 4 is 17.7 Å². The van der Waals surface area contributed by atoms with Crippen LogP contribution in [0, 0.1) is 5.82 Å². The van der Waals surface area contributed by atoms with Crippen molar-refractivity contribution < 1.29 is 13.9 Å². The van der Waals surface area contributed by atoms with Crippen LogP contribution >= 0.6 is 11.8 Å². The summed E-state index contributed by atoms with van der Waals surface area (Å²) >= 11 is 1.36. The molecule has 1 aromatic carbocycles. The average molecular weight is 393 g/mol. The molecule has 3 rings (SSSR count). The molecule has 1 aliphatic rings. The van der Waals surface area contributed by atoms with Gasteiger partial charge in [0.05, 0.1) is 10.8 Å². The minimum atomic E-state index is -0.316. The molecule has 0 spiro atoms. The second kappa shape index (κ2) is 9.32. The summed E-state index contributed by atoms with van der Waals surface area (Å²) in [5.74, 6) is 0.167. The number of thioether (sulfide) groups is 1. The molecule has 1 aromatic heterocycles. The zero-order chi connectivity index (χ0) is 19.2. The van der Waals surface area contributed by atoms with Gasteiger partial charge in [-0.3, -0.25) is 9.36 Å². The van der Waals surface area contributed by atoms with Crippen LogP contribution < -0.4 is 5.32 Å². The molecule has 1 N–H and O–H groups in total. The lowest BCUT2D eigenvalue weighted by Crippen LogP contribution is -2.32. The summed E-state index contributed by atoms with van der Waals surface area (Å²) in [6, 6.07) is 6.85. The summed E-state index contributed by atoms with van der Waals surface area (Å²) in [6.45, 7) is 5.70. The van der Waals surface area contributed by atoms with Gasteiger partial charge in [-0.15, -0.1) is 10.2 Å². The molecular formula is C19H25FN4O2S. The highest BCUT2D eigenvalue weighted by atomic mass is 32.2. The molecule has 1 amide bonds. The van der Waals surface area contributed by atoms with E-state index < -0.39 is 0 Å². The Kier molecular flexibility index (Phi) is 6.84. The molecule has 1 saturated carbocycles. The molecule has 146 valence electrons. The van der Waals surface area contributed by atoms with Gasteiger partial charge in [0.1, 0.15) is 5.82 Å². The van der Waals surface area contributed by atoms with E-state index in [2.05, 4.69) is 15.5 Å². The van der Waals surface area contributed by atoms with Crippen molar-refractivity contribution in [1.29, 1.82) is 0 Å². The van der Waals surface area contributed by atoms with Crippen LogP contribution in [0.25, 0.3) is 11.4 Å². The number of halogens is 1. The number of carbonyl (C=O) groups excluding carboxylic acids is 1. The van der Waals surface area contributed by atoms with Gasteiger partial charge in [-0.1, -0.05) is 23.9 Å². The number of hydrogen-bond acceptors (Lipinski definition) is 5. The van der Waals surface area contributed by atoms with Gasteiger partial charge in [0.15, 0.2) is 11.0 Å². The Morgan fingerprint density at radius 3 is 2.89 bits per heavy atom. The van der Waals surface area contributed by atoms with E-state index in [0.29, 0.717) is 36.3 Å². The molecule has 0 radical (unpaired) electrons. The number of ether oxygens (including phenoxy) is 1. The zero-order valence-corrected chi connectivity index (χ0v) is 16.5. The van der Waals surface area contributed by atoms with E-state index in [4.69, 9.17) is 4.74 Å². The van der Waals surface area contributed by atoms with Crippen molar-refractivity contribution in [3.8, 4) is 11.4 Å². The molecule has 27 heavy (non-hydrogen) atoms. The van der Waals surface area contributed by atoms with Gasteiger partial charge in [-0.05, 0) is 45.2 Å². The summed E-state index contributed by atoms with van der Waals surface area (Å²) < 4.78 is 21.4. The Labute approximate surface area is 162 Å². The fourth-order valence-corrected chi connectivity index (χ4v) is 3.67. The lowest BCUT2D eigenvalue weighted by molar-refractivity contribution is -0.120. The van der Waals surface area contributed by atoms with Gasteiger partial charge < -0.3 is 10.1 Å². The fraction of sp³-hybridized carbons (Fsp3) is 0.526. The molecule has 6 nitrogen and oxygen atoms in total. The maximum absolute atomic E-state index is 14.2. The predicted molar refractivity (Wildman–Crippen MR) is 103 cm³/mol. The molecule has 8 heteroatoms. The first-order chi connectivity index (χ1) is 13.1. The molecule has 1 aliphatic carbocycles. The predicted octanol–water partition coefficient (Wildman–Crippen LogP) is 3.44. The van der Waals surface area contributed by atoms with Gasteiger partial charge in [0.2, 0.25) is 5.91 Å². The summed E-state index contributed by atoms with van der Waals surface area (Å²) in [7, 11) is 0. The van der Waals surface area contributed by atoms with Crippen LogP contribution in [0.5, 0.6) is 0 Å². The van der Waals surface area contributed by atoms with Gasteiger partial charge in [-0.25, -0.2) is 4.39 Å². The molecule has 0 saturated heterocycles. The molecular weight excluding hydrogens is 367 g/mol. The Morgan fingerprint density at radius 2 is 2.19 bits per heavy atom. The maximum atomic E-state index is 14.2. The van der Waals surface area contributed by atoms with Gasteiger partial charge in [-0.2, -0.15) is 0 Å². The third-order valence-corrected chi connectivity index (χ3v) is 5.37. The van der Waals surface area contributed by atoms with Crippen molar-refractivity contribution in [3.63, 3.8) is 0 Å². The smallest absolute Gasteiger partial charge is 0.233 e. The first-order valence-electron chi connectivity index (χ1n) is 9.33. The largest absolute Gasteiger partial charge is 0.382 e. The van der Waals surface area contributed by atoms with Crippen molar-refractivity contribution in [1.82, 2.24) is 20.1 Å². The molecule has 2 aromatic rings. The molecule has 1 atom stereocenters. The second-order valence-electron chi connectivity index (χ2n) is 6.49. The van der Waals surface area contributed by atoms with Gasteiger partial charge in [0.25, 0.3) is 0 Å². The van der Waals surface area contributed by atoms with Crippen LogP contribution in [0.15, 0.2) is 29.4 Å². The Bertz CT molecular complexity index is 779. The number of rotatable bonds is 10. The number of carbonyl (C=O) groups is 1. The second-order valence-corrected chi connectivity index (χ2v) is 7.80. The topological polar surface area (TPSA) is 69.0 Å². The van der Waals surface area contributed by atoms with E-state index in [9.17, 15) is 9.18 Å². The van der Waals surface area contributed by atoms with Crippen LogP contribution in [0.4, 0.5) is 4.39 Å².